The van der Waals surface area contributed by atoms with Crippen LogP contribution in [0.15, 0.2) is 11.7 Å². The zero-order valence-corrected chi connectivity index (χ0v) is 10.5. The maximum atomic E-state index is 11.5. The lowest BCUT2D eigenvalue weighted by atomic mass is 10.3. The van der Waals surface area contributed by atoms with Gasteiger partial charge in [-0.3, -0.25) is 4.98 Å². The third-order valence-electron chi connectivity index (χ3n) is 1.91. The number of hydrogen-bond acceptors (Lipinski definition) is 6. The van der Waals surface area contributed by atoms with Crippen LogP contribution >= 0.6 is 22.7 Å². The van der Waals surface area contributed by atoms with Crippen LogP contribution in [0, 0.1) is 6.92 Å². The number of ether oxygens (including phenoxy) is 1. The molecule has 0 amide bonds. The Balaban J connectivity index is 2.32. The smallest absolute Gasteiger partial charge is 0.367 e. The molecule has 0 saturated heterocycles. The minimum absolute atomic E-state index is 0.355. The maximum absolute atomic E-state index is 11.5. The average Bonchev–Trinajstić information content (AvgIpc) is 2.86. The second-order valence-corrected chi connectivity index (χ2v) is 5.10. The van der Waals surface area contributed by atoms with Gasteiger partial charge >= 0.3 is 5.97 Å². The number of hydrogen-bond donors (Lipinski definition) is 0. The molecule has 2 heterocycles. The molecule has 84 valence electrons. The van der Waals surface area contributed by atoms with Crippen LogP contribution in [-0.4, -0.2) is 22.5 Å². The highest BCUT2D eigenvalue weighted by Crippen LogP contribution is 2.30. The largest absolute Gasteiger partial charge is 0.461 e. The van der Waals surface area contributed by atoms with Gasteiger partial charge in [-0.15, -0.1) is 22.7 Å². The summed E-state index contributed by atoms with van der Waals surface area (Å²) in [6.07, 6.45) is 1.75. The fraction of sp³-hybridized carbons (Fsp3) is 0.300. The van der Waals surface area contributed by atoms with Gasteiger partial charge in [0.2, 0.25) is 5.01 Å². The molecule has 0 bridgehead atoms. The molecule has 0 spiro atoms. The second kappa shape index (κ2) is 4.71. The normalized spacial score (nSPS) is 10.4. The first-order chi connectivity index (χ1) is 7.72. The number of esters is 1. The Labute approximate surface area is 101 Å². The van der Waals surface area contributed by atoms with E-state index in [-0.39, 0.29) is 5.97 Å². The number of rotatable bonds is 3. The molecule has 2 aromatic rings. The lowest BCUT2D eigenvalue weighted by molar-refractivity contribution is 0.0526. The van der Waals surface area contributed by atoms with Crippen molar-refractivity contribution < 1.29 is 9.53 Å². The predicted molar refractivity (Wildman–Crippen MR) is 63.9 cm³/mol. The molecule has 0 radical (unpaired) electrons. The summed E-state index contributed by atoms with van der Waals surface area (Å²) in [4.78, 5) is 21.8. The number of carbonyl (C=O) groups excluding carboxylic acids is 1. The fourth-order valence-corrected chi connectivity index (χ4v) is 2.79. The van der Waals surface area contributed by atoms with Crippen molar-refractivity contribution in [1.82, 2.24) is 9.97 Å². The standard InChI is InChI=1S/C10H10N2O2S2/c1-3-14-10(13)9-12-8(6(2)16-9)7-4-11-5-15-7/h4-5H,3H2,1-2H3. The van der Waals surface area contributed by atoms with Crippen molar-refractivity contribution in [2.24, 2.45) is 0 Å². The first-order valence-corrected chi connectivity index (χ1v) is 6.45. The lowest BCUT2D eigenvalue weighted by Crippen LogP contribution is -2.03. The molecule has 0 atom stereocenters. The summed E-state index contributed by atoms with van der Waals surface area (Å²) in [5, 5.41) is 0.405. The Hall–Kier alpha value is -1.27. The van der Waals surface area contributed by atoms with Gasteiger partial charge in [0.1, 0.15) is 0 Å². The van der Waals surface area contributed by atoms with Crippen LogP contribution in [0.3, 0.4) is 0 Å². The minimum atomic E-state index is -0.355. The average molecular weight is 254 g/mol. The molecule has 0 fully saturated rings. The van der Waals surface area contributed by atoms with E-state index in [2.05, 4.69) is 9.97 Å². The Morgan fingerprint density at radius 2 is 2.38 bits per heavy atom. The van der Waals surface area contributed by atoms with Crippen LogP contribution in [0.5, 0.6) is 0 Å². The molecular weight excluding hydrogens is 244 g/mol. The molecule has 6 heteroatoms. The van der Waals surface area contributed by atoms with Crippen LogP contribution in [-0.2, 0) is 4.74 Å². The van der Waals surface area contributed by atoms with Crippen molar-refractivity contribution in [3.05, 3.63) is 21.6 Å². The molecule has 2 aromatic heterocycles. The first kappa shape index (κ1) is 11.2. The van der Waals surface area contributed by atoms with Gasteiger partial charge in [0.15, 0.2) is 0 Å². The van der Waals surface area contributed by atoms with E-state index in [9.17, 15) is 4.79 Å². The molecule has 16 heavy (non-hydrogen) atoms. The van der Waals surface area contributed by atoms with Crippen molar-refractivity contribution in [3.8, 4) is 10.6 Å². The topological polar surface area (TPSA) is 52.1 Å². The number of nitrogens with zero attached hydrogens (tertiary/aromatic N) is 2. The van der Waals surface area contributed by atoms with Gasteiger partial charge < -0.3 is 4.74 Å². The quantitative estimate of drug-likeness (QED) is 0.790. The number of aryl methyl sites for hydroxylation is 1. The van der Waals surface area contributed by atoms with Gasteiger partial charge in [0, 0.05) is 11.1 Å². The summed E-state index contributed by atoms with van der Waals surface area (Å²) in [7, 11) is 0. The summed E-state index contributed by atoms with van der Waals surface area (Å²) in [5.74, 6) is -0.355. The highest BCUT2D eigenvalue weighted by atomic mass is 32.1. The zero-order valence-electron chi connectivity index (χ0n) is 8.89. The third-order valence-corrected chi connectivity index (χ3v) is 3.64. The van der Waals surface area contributed by atoms with E-state index in [4.69, 9.17) is 4.74 Å². The highest BCUT2D eigenvalue weighted by Gasteiger charge is 2.16. The van der Waals surface area contributed by atoms with Gasteiger partial charge in [-0.2, -0.15) is 0 Å². The molecule has 4 nitrogen and oxygen atoms in total. The molecule has 2 rings (SSSR count). The van der Waals surface area contributed by atoms with E-state index in [0.29, 0.717) is 11.6 Å². The number of carbonyl (C=O) groups is 1. The molecule has 0 saturated carbocycles. The Bertz CT molecular complexity index is 491. The van der Waals surface area contributed by atoms with Crippen LogP contribution < -0.4 is 0 Å². The van der Waals surface area contributed by atoms with Gasteiger partial charge in [0.05, 0.1) is 22.7 Å². The number of thiazole rings is 2. The fourth-order valence-electron chi connectivity index (χ4n) is 1.24. The minimum Gasteiger partial charge on any atom is -0.461 e. The first-order valence-electron chi connectivity index (χ1n) is 4.75. The van der Waals surface area contributed by atoms with Gasteiger partial charge in [-0.05, 0) is 13.8 Å². The van der Waals surface area contributed by atoms with E-state index < -0.39 is 0 Å². The predicted octanol–water partition coefficient (Wildman–Crippen LogP) is 2.75. The van der Waals surface area contributed by atoms with Gasteiger partial charge in [-0.1, -0.05) is 0 Å². The Kier molecular flexibility index (Phi) is 3.31. The molecule has 0 aliphatic rings. The van der Waals surface area contributed by atoms with E-state index in [0.717, 1.165) is 15.4 Å². The maximum Gasteiger partial charge on any atom is 0.367 e. The Morgan fingerprint density at radius 3 is 3.00 bits per heavy atom. The monoisotopic (exact) mass is 254 g/mol. The molecular formula is C10H10N2O2S2. The molecule has 0 aliphatic carbocycles. The van der Waals surface area contributed by atoms with Crippen LogP contribution in [0.1, 0.15) is 21.6 Å². The van der Waals surface area contributed by atoms with Crippen molar-refractivity contribution in [2.75, 3.05) is 6.61 Å². The van der Waals surface area contributed by atoms with Crippen LogP contribution in [0.4, 0.5) is 0 Å². The van der Waals surface area contributed by atoms with Crippen molar-refractivity contribution >= 4 is 28.6 Å². The summed E-state index contributed by atoms with van der Waals surface area (Å²) in [6.45, 7) is 4.09. The van der Waals surface area contributed by atoms with Gasteiger partial charge in [-0.25, -0.2) is 9.78 Å². The highest BCUT2D eigenvalue weighted by molar-refractivity contribution is 7.15. The van der Waals surface area contributed by atoms with E-state index in [1.54, 1.807) is 18.6 Å². The van der Waals surface area contributed by atoms with Gasteiger partial charge in [0.25, 0.3) is 0 Å². The summed E-state index contributed by atoms with van der Waals surface area (Å²) < 4.78 is 4.91. The lowest BCUT2D eigenvalue weighted by Gasteiger charge is -1.95. The molecule has 0 unspecified atom stereocenters. The number of aromatic nitrogens is 2. The zero-order chi connectivity index (χ0) is 11.5. The molecule has 0 aromatic carbocycles. The Morgan fingerprint density at radius 1 is 1.56 bits per heavy atom. The third kappa shape index (κ3) is 2.12. The van der Waals surface area contributed by atoms with Crippen molar-refractivity contribution in [1.29, 1.82) is 0 Å². The van der Waals surface area contributed by atoms with Crippen molar-refractivity contribution in [3.63, 3.8) is 0 Å². The summed E-state index contributed by atoms with van der Waals surface area (Å²) >= 11 is 2.86. The van der Waals surface area contributed by atoms with Crippen LogP contribution in [0.2, 0.25) is 0 Å². The summed E-state index contributed by atoms with van der Waals surface area (Å²) in [6, 6.07) is 0. The van der Waals surface area contributed by atoms with Crippen LogP contribution in [0.25, 0.3) is 10.6 Å². The molecule has 0 N–H and O–H groups in total. The molecule has 0 aliphatic heterocycles. The van der Waals surface area contributed by atoms with E-state index in [1.807, 2.05) is 6.92 Å². The summed E-state index contributed by atoms with van der Waals surface area (Å²) in [5.41, 5.74) is 2.58. The SMILES string of the molecule is CCOC(=O)c1nc(-c2cncs2)c(C)s1. The van der Waals surface area contributed by atoms with E-state index in [1.165, 1.54) is 22.7 Å². The van der Waals surface area contributed by atoms with E-state index >= 15 is 0 Å². The second-order valence-electron chi connectivity index (χ2n) is 3.01. The van der Waals surface area contributed by atoms with Crippen molar-refractivity contribution in [2.45, 2.75) is 13.8 Å².